The molecule has 0 heterocycles. The second-order valence-corrected chi connectivity index (χ2v) is 6.24. The topological polar surface area (TPSA) is 121 Å². The van der Waals surface area contributed by atoms with E-state index in [4.69, 9.17) is 24.7 Å². The Labute approximate surface area is 162 Å². The van der Waals surface area contributed by atoms with E-state index in [2.05, 4.69) is 10.6 Å². The number of hydrogen-bond acceptors (Lipinski definition) is 7. The summed E-state index contributed by atoms with van der Waals surface area (Å²) >= 11 is 0. The summed E-state index contributed by atoms with van der Waals surface area (Å²) in [7, 11) is 0. The van der Waals surface area contributed by atoms with Gasteiger partial charge < -0.3 is 35.3 Å². The zero-order valence-corrected chi connectivity index (χ0v) is 17.0. The molecule has 0 aromatic carbocycles. The number of carbonyl (C=O) groups excluding carboxylic acids is 2. The lowest BCUT2D eigenvalue weighted by Crippen LogP contribution is -2.45. The van der Waals surface area contributed by atoms with Crippen molar-refractivity contribution in [3.8, 4) is 0 Å². The average Bonchev–Trinajstić information content (AvgIpc) is 2.64. The highest BCUT2D eigenvalue weighted by Crippen LogP contribution is 1.95. The highest BCUT2D eigenvalue weighted by molar-refractivity contribution is 5.76. The molecule has 4 N–H and O–H groups in total. The third-order valence-electron chi connectivity index (χ3n) is 3.53. The highest BCUT2D eigenvalue weighted by atomic mass is 16.6. The molecule has 0 aliphatic carbocycles. The minimum Gasteiger partial charge on any atom is -0.379 e. The molecule has 0 aromatic heterocycles. The van der Waals surface area contributed by atoms with Gasteiger partial charge in [0.2, 0.25) is 11.8 Å². The molecule has 0 fully saturated rings. The maximum Gasteiger partial charge on any atom is 0.223 e. The summed E-state index contributed by atoms with van der Waals surface area (Å²) in [4.78, 5) is 22.6. The van der Waals surface area contributed by atoms with E-state index in [-0.39, 0.29) is 30.3 Å². The minimum absolute atomic E-state index is 0.0227. The van der Waals surface area contributed by atoms with E-state index < -0.39 is 0 Å². The molecule has 0 aliphatic heterocycles. The molecule has 27 heavy (non-hydrogen) atoms. The maximum absolute atomic E-state index is 11.6. The van der Waals surface area contributed by atoms with Crippen molar-refractivity contribution in [3.63, 3.8) is 0 Å². The molecule has 0 saturated carbocycles. The van der Waals surface area contributed by atoms with E-state index in [0.29, 0.717) is 65.8 Å². The van der Waals surface area contributed by atoms with Gasteiger partial charge in [0.25, 0.3) is 0 Å². The van der Waals surface area contributed by atoms with Crippen molar-refractivity contribution in [2.75, 3.05) is 59.4 Å². The smallest absolute Gasteiger partial charge is 0.223 e. The van der Waals surface area contributed by atoms with E-state index in [1.807, 2.05) is 20.8 Å². The van der Waals surface area contributed by atoms with Gasteiger partial charge in [-0.15, -0.1) is 0 Å². The van der Waals surface area contributed by atoms with Crippen molar-refractivity contribution in [2.45, 2.75) is 39.8 Å². The molecule has 0 saturated heterocycles. The van der Waals surface area contributed by atoms with Gasteiger partial charge in [0.05, 0.1) is 65.4 Å². The third-order valence-corrected chi connectivity index (χ3v) is 3.53. The largest absolute Gasteiger partial charge is 0.379 e. The SMILES string of the molecule is CCC(=O)NCCOCCOCCOCCOCCC(=O)NC(N)C(C)C. The van der Waals surface area contributed by atoms with Crippen molar-refractivity contribution in [1.82, 2.24) is 10.6 Å². The van der Waals surface area contributed by atoms with Crippen LogP contribution in [0.15, 0.2) is 0 Å². The van der Waals surface area contributed by atoms with Crippen LogP contribution >= 0.6 is 0 Å². The standard InChI is InChI=1S/C18H37N3O6/c1-4-16(22)20-6-8-25-10-12-27-14-13-26-11-9-24-7-5-17(23)21-18(19)15(2)3/h15,18H,4-14,19H2,1-3H3,(H,20,22)(H,21,23). The number of ether oxygens (including phenoxy) is 4. The summed E-state index contributed by atoms with van der Waals surface area (Å²) in [6.07, 6.45) is 0.440. The number of carbonyl (C=O) groups is 2. The molecular formula is C18H37N3O6. The molecule has 1 atom stereocenters. The van der Waals surface area contributed by atoms with Crippen molar-refractivity contribution in [3.05, 3.63) is 0 Å². The maximum atomic E-state index is 11.6. The van der Waals surface area contributed by atoms with E-state index in [1.54, 1.807) is 0 Å². The van der Waals surface area contributed by atoms with Crippen LogP contribution in [0.2, 0.25) is 0 Å². The quantitative estimate of drug-likeness (QED) is 0.223. The van der Waals surface area contributed by atoms with Crippen molar-refractivity contribution in [1.29, 1.82) is 0 Å². The van der Waals surface area contributed by atoms with Crippen LogP contribution in [-0.2, 0) is 28.5 Å². The predicted octanol–water partition coefficient (Wildman–Crippen LogP) is 0.0261. The molecule has 0 bridgehead atoms. The molecule has 2 amide bonds. The molecule has 9 nitrogen and oxygen atoms in total. The first-order chi connectivity index (χ1) is 13.0. The van der Waals surface area contributed by atoms with E-state index in [1.165, 1.54) is 0 Å². The van der Waals surface area contributed by atoms with Crippen molar-refractivity contribution < 1.29 is 28.5 Å². The van der Waals surface area contributed by atoms with Crippen LogP contribution in [0.4, 0.5) is 0 Å². The number of nitrogens with two attached hydrogens (primary N) is 1. The normalized spacial score (nSPS) is 12.2. The molecule has 160 valence electrons. The van der Waals surface area contributed by atoms with Gasteiger partial charge in [0.15, 0.2) is 0 Å². The number of rotatable bonds is 18. The summed E-state index contributed by atoms with van der Waals surface area (Å²) in [5, 5.41) is 5.44. The molecule has 0 aromatic rings. The van der Waals surface area contributed by atoms with E-state index >= 15 is 0 Å². The first-order valence-electron chi connectivity index (χ1n) is 9.60. The number of nitrogens with one attached hydrogen (secondary N) is 2. The Kier molecular flexibility index (Phi) is 17.3. The van der Waals surface area contributed by atoms with Crippen molar-refractivity contribution >= 4 is 11.8 Å². The third kappa shape index (κ3) is 17.9. The zero-order chi connectivity index (χ0) is 20.3. The lowest BCUT2D eigenvalue weighted by molar-refractivity contribution is -0.123. The van der Waals surface area contributed by atoms with Crippen LogP contribution in [0.5, 0.6) is 0 Å². The number of amides is 2. The predicted molar refractivity (Wildman–Crippen MR) is 102 cm³/mol. The lowest BCUT2D eigenvalue weighted by atomic mass is 10.1. The molecule has 0 radical (unpaired) electrons. The van der Waals surface area contributed by atoms with Crippen molar-refractivity contribution in [2.24, 2.45) is 11.7 Å². The van der Waals surface area contributed by atoms with Gasteiger partial charge in [0, 0.05) is 13.0 Å². The van der Waals surface area contributed by atoms with Gasteiger partial charge in [-0.2, -0.15) is 0 Å². The number of hydrogen-bond donors (Lipinski definition) is 3. The second-order valence-electron chi connectivity index (χ2n) is 6.24. The second kappa shape index (κ2) is 18.1. The Hall–Kier alpha value is -1.26. The Morgan fingerprint density at radius 2 is 1.30 bits per heavy atom. The van der Waals surface area contributed by atoms with Gasteiger partial charge >= 0.3 is 0 Å². The molecule has 1 unspecified atom stereocenters. The summed E-state index contributed by atoms with van der Waals surface area (Å²) in [6, 6.07) is 0. The first-order valence-corrected chi connectivity index (χ1v) is 9.60. The highest BCUT2D eigenvalue weighted by Gasteiger charge is 2.10. The van der Waals surface area contributed by atoms with E-state index in [9.17, 15) is 9.59 Å². The summed E-state index contributed by atoms with van der Waals surface area (Å²) < 4.78 is 21.4. The summed E-state index contributed by atoms with van der Waals surface area (Å²) in [5.74, 6) is 0.112. The Morgan fingerprint density at radius 1 is 0.815 bits per heavy atom. The Morgan fingerprint density at radius 3 is 1.78 bits per heavy atom. The Bertz CT molecular complexity index is 382. The van der Waals surface area contributed by atoms with Crippen LogP contribution in [0.25, 0.3) is 0 Å². The minimum atomic E-state index is -0.326. The van der Waals surface area contributed by atoms with Crippen LogP contribution < -0.4 is 16.4 Å². The van der Waals surface area contributed by atoms with Gasteiger partial charge in [-0.3, -0.25) is 9.59 Å². The molecule has 0 spiro atoms. The monoisotopic (exact) mass is 391 g/mol. The van der Waals surface area contributed by atoms with Crippen LogP contribution in [0.3, 0.4) is 0 Å². The fraction of sp³-hybridized carbons (Fsp3) is 0.889. The molecular weight excluding hydrogens is 354 g/mol. The molecule has 9 heteroatoms. The first kappa shape index (κ1) is 25.7. The molecule has 0 aliphatic rings. The van der Waals surface area contributed by atoms with Gasteiger partial charge in [-0.25, -0.2) is 0 Å². The lowest BCUT2D eigenvalue weighted by Gasteiger charge is -2.17. The Balaban J connectivity index is 3.21. The zero-order valence-electron chi connectivity index (χ0n) is 17.0. The molecule has 0 rings (SSSR count). The van der Waals surface area contributed by atoms with Crippen LogP contribution in [0, 0.1) is 5.92 Å². The summed E-state index contributed by atoms with van der Waals surface area (Å²) in [5.41, 5.74) is 5.76. The van der Waals surface area contributed by atoms with E-state index in [0.717, 1.165) is 0 Å². The fourth-order valence-corrected chi connectivity index (χ4v) is 1.74. The summed E-state index contributed by atoms with van der Waals surface area (Å²) in [6.45, 7) is 9.82. The van der Waals surface area contributed by atoms with Gasteiger partial charge in [-0.1, -0.05) is 20.8 Å². The van der Waals surface area contributed by atoms with Gasteiger partial charge in [0.1, 0.15) is 0 Å². The fourth-order valence-electron chi connectivity index (χ4n) is 1.74. The van der Waals surface area contributed by atoms with Crippen LogP contribution in [0.1, 0.15) is 33.6 Å². The average molecular weight is 392 g/mol. The van der Waals surface area contributed by atoms with Crippen LogP contribution in [-0.4, -0.2) is 77.4 Å². The van der Waals surface area contributed by atoms with Gasteiger partial charge in [-0.05, 0) is 5.92 Å².